The zero-order valence-corrected chi connectivity index (χ0v) is 14.9. The van der Waals surface area contributed by atoms with Crippen molar-refractivity contribution in [1.82, 2.24) is 0 Å². The molecule has 0 aromatic heterocycles. The zero-order valence-electron chi connectivity index (χ0n) is 14.1. The van der Waals surface area contributed by atoms with Crippen LogP contribution < -0.4 is 10.6 Å². The number of nitrogens with zero attached hydrogens (tertiary/aromatic N) is 1. The van der Waals surface area contributed by atoms with Gasteiger partial charge in [-0.05, 0) is 36.8 Å². The molecular weight excluding hydrogens is 368 g/mol. The monoisotopic (exact) mass is 382 g/mol. The van der Waals surface area contributed by atoms with Crippen molar-refractivity contribution in [1.29, 1.82) is 0 Å². The molecule has 2 amide bonds. The number of imide groups is 1. The first-order chi connectivity index (χ1) is 12.7. The van der Waals surface area contributed by atoms with Crippen LogP contribution in [0.5, 0.6) is 0 Å². The lowest BCUT2D eigenvalue weighted by molar-refractivity contribution is 0.0893. The summed E-state index contributed by atoms with van der Waals surface area (Å²) in [6.07, 6.45) is 0. The van der Waals surface area contributed by atoms with Crippen molar-refractivity contribution in [3.05, 3.63) is 65.2 Å². The van der Waals surface area contributed by atoms with E-state index in [4.69, 9.17) is 5.73 Å². The third kappa shape index (κ3) is 2.49. The molecule has 0 saturated heterocycles. The molecule has 0 fully saturated rings. The van der Waals surface area contributed by atoms with E-state index >= 15 is 0 Å². The fourth-order valence-electron chi connectivity index (χ4n) is 3.38. The van der Waals surface area contributed by atoms with Crippen LogP contribution in [0.25, 0.3) is 10.8 Å². The number of rotatable bonds is 2. The van der Waals surface area contributed by atoms with Crippen molar-refractivity contribution >= 4 is 44.1 Å². The predicted molar refractivity (Wildman–Crippen MR) is 100 cm³/mol. The van der Waals surface area contributed by atoms with Crippen molar-refractivity contribution in [2.45, 2.75) is 11.8 Å². The number of amides is 2. The number of nitrogen functional groups attached to an aromatic ring is 1. The standard InChI is InChI=1S/C19H14N2O5S/c1-10-4-2-5-11(8-10)21-18(22)13-7-3-6-12-16(13)14(19(21)23)9-15(17(12)20)27(24,25)26/h2-9H,20H2,1H3,(H,24,25,26). The van der Waals surface area contributed by atoms with Crippen LogP contribution in [0.15, 0.2) is 53.4 Å². The van der Waals surface area contributed by atoms with Crippen molar-refractivity contribution in [2.24, 2.45) is 0 Å². The Morgan fingerprint density at radius 3 is 2.30 bits per heavy atom. The van der Waals surface area contributed by atoms with Gasteiger partial charge in [-0.15, -0.1) is 0 Å². The summed E-state index contributed by atoms with van der Waals surface area (Å²) >= 11 is 0. The molecule has 1 heterocycles. The van der Waals surface area contributed by atoms with Gasteiger partial charge < -0.3 is 5.73 Å². The topological polar surface area (TPSA) is 118 Å². The van der Waals surface area contributed by atoms with Gasteiger partial charge in [0, 0.05) is 16.3 Å². The van der Waals surface area contributed by atoms with E-state index in [1.807, 2.05) is 13.0 Å². The maximum absolute atomic E-state index is 13.1. The summed E-state index contributed by atoms with van der Waals surface area (Å²) in [5, 5.41) is 0.504. The summed E-state index contributed by atoms with van der Waals surface area (Å²) in [5.74, 6) is -1.21. The smallest absolute Gasteiger partial charge is 0.296 e. The average molecular weight is 382 g/mol. The highest BCUT2D eigenvalue weighted by atomic mass is 32.2. The maximum atomic E-state index is 13.1. The van der Waals surface area contributed by atoms with Crippen LogP contribution in [0, 0.1) is 6.92 Å². The molecule has 0 saturated carbocycles. The summed E-state index contributed by atoms with van der Waals surface area (Å²) in [6.45, 7) is 1.83. The molecular formula is C19H14N2O5S. The molecule has 8 heteroatoms. The fraction of sp³-hybridized carbons (Fsp3) is 0.0526. The lowest BCUT2D eigenvalue weighted by atomic mass is 9.92. The molecule has 0 spiro atoms. The Morgan fingerprint density at radius 1 is 0.963 bits per heavy atom. The second-order valence-corrected chi connectivity index (χ2v) is 7.71. The van der Waals surface area contributed by atoms with Crippen molar-refractivity contribution in [3.63, 3.8) is 0 Å². The summed E-state index contributed by atoms with van der Waals surface area (Å²) in [4.78, 5) is 26.6. The van der Waals surface area contributed by atoms with E-state index in [0.717, 1.165) is 16.5 Å². The Labute approximate surface area is 154 Å². The molecule has 0 aliphatic carbocycles. The third-order valence-corrected chi connectivity index (χ3v) is 5.46. The number of carbonyl (C=O) groups excluding carboxylic acids is 2. The van der Waals surface area contributed by atoms with Gasteiger partial charge in [0.25, 0.3) is 21.9 Å². The number of benzene rings is 3. The largest absolute Gasteiger partial charge is 0.397 e. The first-order valence-electron chi connectivity index (χ1n) is 7.98. The molecule has 1 aliphatic heterocycles. The van der Waals surface area contributed by atoms with Crippen LogP contribution in [0.2, 0.25) is 0 Å². The van der Waals surface area contributed by atoms with E-state index in [1.54, 1.807) is 30.3 Å². The van der Waals surface area contributed by atoms with Gasteiger partial charge in [0.15, 0.2) is 0 Å². The Hall–Kier alpha value is -3.23. The molecule has 27 heavy (non-hydrogen) atoms. The van der Waals surface area contributed by atoms with E-state index < -0.39 is 26.8 Å². The second kappa shape index (κ2) is 5.63. The van der Waals surface area contributed by atoms with Crippen LogP contribution in [0.1, 0.15) is 26.3 Å². The minimum absolute atomic E-state index is 0.0106. The number of carbonyl (C=O) groups is 2. The van der Waals surface area contributed by atoms with E-state index in [9.17, 15) is 22.6 Å². The molecule has 0 bridgehead atoms. The van der Waals surface area contributed by atoms with Crippen molar-refractivity contribution in [3.8, 4) is 0 Å². The molecule has 3 N–H and O–H groups in total. The van der Waals surface area contributed by atoms with E-state index in [2.05, 4.69) is 0 Å². The van der Waals surface area contributed by atoms with Crippen LogP contribution in [-0.2, 0) is 10.1 Å². The fourth-order valence-corrected chi connectivity index (χ4v) is 4.03. The van der Waals surface area contributed by atoms with Crippen molar-refractivity contribution in [2.75, 3.05) is 10.6 Å². The normalized spacial score (nSPS) is 14.1. The number of hydrogen-bond acceptors (Lipinski definition) is 5. The van der Waals surface area contributed by atoms with E-state index in [0.29, 0.717) is 5.69 Å². The predicted octanol–water partition coefficient (Wildman–Crippen LogP) is 2.78. The second-order valence-electron chi connectivity index (χ2n) is 6.32. The zero-order chi connectivity index (χ0) is 19.5. The summed E-state index contributed by atoms with van der Waals surface area (Å²) in [6, 6.07) is 12.5. The Bertz CT molecular complexity index is 1260. The van der Waals surface area contributed by atoms with Crippen molar-refractivity contribution < 1.29 is 22.6 Å². The number of aryl methyl sites for hydroxylation is 1. The summed E-state index contributed by atoms with van der Waals surface area (Å²) < 4.78 is 32.9. The lowest BCUT2D eigenvalue weighted by Crippen LogP contribution is -2.40. The average Bonchev–Trinajstić information content (AvgIpc) is 2.60. The van der Waals surface area contributed by atoms with Gasteiger partial charge in [-0.1, -0.05) is 24.3 Å². The van der Waals surface area contributed by atoms with Gasteiger partial charge >= 0.3 is 0 Å². The first kappa shape index (κ1) is 17.2. The molecule has 1 aliphatic rings. The van der Waals surface area contributed by atoms with Crippen LogP contribution in [-0.4, -0.2) is 24.8 Å². The number of anilines is 2. The van der Waals surface area contributed by atoms with Crippen LogP contribution >= 0.6 is 0 Å². The molecule has 0 radical (unpaired) electrons. The Kier molecular flexibility index (Phi) is 3.59. The maximum Gasteiger partial charge on any atom is 0.296 e. The highest BCUT2D eigenvalue weighted by Gasteiger charge is 2.36. The lowest BCUT2D eigenvalue weighted by Gasteiger charge is -2.28. The Morgan fingerprint density at radius 2 is 1.63 bits per heavy atom. The minimum Gasteiger partial charge on any atom is -0.397 e. The summed E-state index contributed by atoms with van der Waals surface area (Å²) in [7, 11) is -4.65. The molecule has 0 atom stereocenters. The number of nitrogens with two attached hydrogens (primary N) is 1. The van der Waals surface area contributed by atoms with Crippen LogP contribution in [0.3, 0.4) is 0 Å². The number of hydrogen-bond donors (Lipinski definition) is 2. The first-order valence-corrected chi connectivity index (χ1v) is 9.42. The van der Waals surface area contributed by atoms with Gasteiger partial charge in [-0.25, -0.2) is 4.90 Å². The van der Waals surface area contributed by atoms with Gasteiger partial charge in [-0.3, -0.25) is 14.1 Å². The quantitative estimate of drug-likeness (QED) is 0.400. The Balaban J connectivity index is 2.08. The van der Waals surface area contributed by atoms with Gasteiger partial charge in [0.05, 0.1) is 16.9 Å². The molecule has 4 rings (SSSR count). The third-order valence-electron chi connectivity index (χ3n) is 4.57. The molecule has 136 valence electrons. The summed E-state index contributed by atoms with van der Waals surface area (Å²) in [5.41, 5.74) is 7.15. The van der Waals surface area contributed by atoms with E-state index in [-0.39, 0.29) is 27.6 Å². The highest BCUT2D eigenvalue weighted by Crippen LogP contribution is 2.38. The molecule has 7 nitrogen and oxygen atoms in total. The minimum atomic E-state index is -4.65. The molecule has 3 aromatic rings. The molecule has 3 aromatic carbocycles. The van der Waals surface area contributed by atoms with Gasteiger partial charge in [-0.2, -0.15) is 8.42 Å². The van der Waals surface area contributed by atoms with Crippen LogP contribution in [0.4, 0.5) is 11.4 Å². The highest BCUT2D eigenvalue weighted by molar-refractivity contribution is 7.86. The molecule has 0 unspecified atom stereocenters. The SMILES string of the molecule is Cc1cccc(N2C(=O)c3cccc4c(N)c(S(=O)(=O)O)cc(c34)C2=O)c1. The van der Waals surface area contributed by atoms with Gasteiger partial charge in [0.1, 0.15) is 4.90 Å². The van der Waals surface area contributed by atoms with Gasteiger partial charge in [0.2, 0.25) is 0 Å². The van der Waals surface area contributed by atoms with E-state index in [1.165, 1.54) is 6.07 Å².